The number of thioether (sulfide) groups is 1. The van der Waals surface area contributed by atoms with Crippen LogP contribution >= 0.6 is 11.8 Å². The van der Waals surface area contributed by atoms with Crippen molar-refractivity contribution in [1.29, 1.82) is 0 Å². The zero-order valence-corrected chi connectivity index (χ0v) is 23.2. The van der Waals surface area contributed by atoms with Gasteiger partial charge in [-0.3, -0.25) is 4.79 Å². The number of hydrogen-bond acceptors (Lipinski definition) is 4. The first-order chi connectivity index (χ1) is 18.9. The van der Waals surface area contributed by atoms with E-state index in [1.807, 2.05) is 79.9 Å². The predicted molar refractivity (Wildman–Crippen MR) is 160 cm³/mol. The van der Waals surface area contributed by atoms with Gasteiger partial charge in [-0.1, -0.05) is 72.8 Å². The van der Waals surface area contributed by atoms with Crippen molar-refractivity contribution in [2.45, 2.75) is 44.8 Å². The quantitative estimate of drug-likeness (QED) is 0.183. The van der Waals surface area contributed by atoms with Crippen molar-refractivity contribution in [1.82, 2.24) is 5.32 Å². The van der Waals surface area contributed by atoms with Crippen molar-refractivity contribution in [3.05, 3.63) is 107 Å². The molecule has 1 amide bonds. The monoisotopic (exact) mass is 541 g/mol. The Morgan fingerprint density at radius 2 is 1.62 bits per heavy atom. The number of carboxylic acids is 1. The van der Waals surface area contributed by atoms with E-state index in [0.29, 0.717) is 24.2 Å². The summed E-state index contributed by atoms with van der Waals surface area (Å²) in [5.74, 6) is -0.775. The second-order valence-corrected chi connectivity index (χ2v) is 10.8. The molecule has 0 heterocycles. The van der Waals surface area contributed by atoms with Crippen LogP contribution in [0.3, 0.4) is 0 Å². The minimum Gasteiger partial charge on any atom is -0.480 e. The van der Waals surface area contributed by atoms with Crippen LogP contribution in [0.2, 0.25) is 0 Å². The summed E-state index contributed by atoms with van der Waals surface area (Å²) in [5, 5.41) is 25.4. The van der Waals surface area contributed by atoms with E-state index in [0.717, 1.165) is 51.4 Å². The molecule has 39 heavy (non-hydrogen) atoms. The molecule has 4 aromatic rings. The number of amides is 1. The zero-order valence-electron chi connectivity index (χ0n) is 22.4. The molecule has 2 unspecified atom stereocenters. The van der Waals surface area contributed by atoms with Gasteiger partial charge < -0.3 is 15.5 Å². The lowest BCUT2D eigenvalue weighted by molar-refractivity contribution is -0.139. The Morgan fingerprint density at radius 1 is 0.872 bits per heavy atom. The highest BCUT2D eigenvalue weighted by Gasteiger charge is 2.23. The molecule has 6 heteroatoms. The summed E-state index contributed by atoms with van der Waals surface area (Å²) in [4.78, 5) is 25.0. The van der Waals surface area contributed by atoms with Gasteiger partial charge in [-0.05, 0) is 95.3 Å². The van der Waals surface area contributed by atoms with Gasteiger partial charge in [-0.15, -0.1) is 0 Å². The smallest absolute Gasteiger partial charge is 0.326 e. The fraction of sp³-hybridized carbons (Fsp3) is 0.273. The maximum absolute atomic E-state index is 13.3. The number of rotatable bonds is 12. The van der Waals surface area contributed by atoms with Crippen molar-refractivity contribution in [2.75, 3.05) is 12.0 Å². The van der Waals surface area contributed by atoms with Crippen LogP contribution in [0.15, 0.2) is 84.9 Å². The van der Waals surface area contributed by atoms with Gasteiger partial charge in [0.15, 0.2) is 0 Å². The summed E-state index contributed by atoms with van der Waals surface area (Å²) in [7, 11) is 0. The van der Waals surface area contributed by atoms with Gasteiger partial charge >= 0.3 is 5.97 Å². The Bertz CT molecular complexity index is 1450. The molecular weight excluding hydrogens is 506 g/mol. The Balaban J connectivity index is 1.51. The number of carbonyl (C=O) groups is 2. The van der Waals surface area contributed by atoms with E-state index in [9.17, 15) is 19.8 Å². The molecule has 0 spiro atoms. The van der Waals surface area contributed by atoms with Gasteiger partial charge in [0.1, 0.15) is 6.04 Å². The third kappa shape index (κ3) is 7.28. The third-order valence-electron chi connectivity index (χ3n) is 7.08. The topological polar surface area (TPSA) is 86.6 Å². The fourth-order valence-corrected chi connectivity index (χ4v) is 5.32. The predicted octanol–water partition coefficient (Wildman–Crippen LogP) is 6.81. The Hall–Kier alpha value is -3.61. The second kappa shape index (κ2) is 13.5. The number of carboxylic acid groups (broad SMARTS) is 1. The van der Waals surface area contributed by atoms with Crippen LogP contribution in [-0.2, 0) is 11.2 Å². The number of aliphatic hydroxyl groups is 1. The molecule has 0 saturated carbocycles. The molecule has 0 bridgehead atoms. The van der Waals surface area contributed by atoms with E-state index in [-0.39, 0.29) is 5.91 Å². The van der Waals surface area contributed by atoms with Crippen LogP contribution in [0.4, 0.5) is 0 Å². The van der Waals surface area contributed by atoms with Crippen LogP contribution in [0.25, 0.3) is 21.9 Å². The number of aliphatic hydroxyl groups excluding tert-OH is 1. The highest BCUT2D eigenvalue weighted by Crippen LogP contribution is 2.30. The summed E-state index contributed by atoms with van der Waals surface area (Å²) in [6, 6.07) is 26.9. The molecule has 0 aliphatic heterocycles. The lowest BCUT2D eigenvalue weighted by Crippen LogP contribution is -2.41. The molecular formula is C33H35NO4S. The van der Waals surface area contributed by atoms with Crippen molar-refractivity contribution >= 4 is 34.4 Å². The third-order valence-corrected chi connectivity index (χ3v) is 7.72. The fourth-order valence-electron chi connectivity index (χ4n) is 4.85. The average molecular weight is 542 g/mol. The van der Waals surface area contributed by atoms with Crippen molar-refractivity contribution in [3.63, 3.8) is 0 Å². The summed E-state index contributed by atoms with van der Waals surface area (Å²) < 4.78 is 0. The maximum Gasteiger partial charge on any atom is 0.326 e. The molecule has 0 aromatic heterocycles. The normalized spacial score (nSPS) is 12.7. The van der Waals surface area contributed by atoms with Crippen molar-refractivity contribution < 1.29 is 19.8 Å². The molecule has 0 aliphatic carbocycles. The SMILES string of the molecule is CSCCC(NC(=O)c1ccc(CCCC(O)c2ccc3ccccc3c2)cc1-c1ccccc1C)C(=O)O. The van der Waals surface area contributed by atoms with Crippen LogP contribution in [-0.4, -0.2) is 40.1 Å². The zero-order chi connectivity index (χ0) is 27.8. The summed E-state index contributed by atoms with van der Waals surface area (Å²) >= 11 is 1.55. The number of hydrogen-bond donors (Lipinski definition) is 3. The molecule has 4 rings (SSSR count). The lowest BCUT2D eigenvalue weighted by Gasteiger charge is -2.18. The number of benzene rings is 4. The molecule has 0 aliphatic rings. The second-order valence-electron chi connectivity index (χ2n) is 9.86. The van der Waals surface area contributed by atoms with Crippen molar-refractivity contribution in [3.8, 4) is 11.1 Å². The largest absolute Gasteiger partial charge is 0.480 e. The highest BCUT2D eigenvalue weighted by molar-refractivity contribution is 7.98. The van der Waals surface area contributed by atoms with E-state index in [2.05, 4.69) is 17.4 Å². The van der Waals surface area contributed by atoms with Crippen LogP contribution in [0.5, 0.6) is 0 Å². The molecule has 202 valence electrons. The molecule has 0 fully saturated rings. The van der Waals surface area contributed by atoms with Gasteiger partial charge in [0.2, 0.25) is 0 Å². The van der Waals surface area contributed by atoms with Crippen LogP contribution < -0.4 is 5.32 Å². The van der Waals surface area contributed by atoms with E-state index in [1.165, 1.54) is 0 Å². The van der Waals surface area contributed by atoms with Crippen LogP contribution in [0.1, 0.15) is 52.4 Å². The van der Waals surface area contributed by atoms with Gasteiger partial charge in [0.25, 0.3) is 5.91 Å². The molecule has 3 N–H and O–H groups in total. The molecule has 0 saturated heterocycles. The van der Waals surface area contributed by atoms with E-state index in [1.54, 1.807) is 17.8 Å². The number of fused-ring (bicyclic) bond motifs is 1. The first kappa shape index (κ1) is 28.4. The number of nitrogens with one attached hydrogen (secondary N) is 1. The van der Waals surface area contributed by atoms with E-state index < -0.39 is 18.1 Å². The Morgan fingerprint density at radius 3 is 2.36 bits per heavy atom. The van der Waals surface area contributed by atoms with Crippen LogP contribution in [0, 0.1) is 6.92 Å². The Labute approximate surface area is 234 Å². The first-order valence-corrected chi connectivity index (χ1v) is 14.6. The molecule has 0 radical (unpaired) electrons. The number of aryl methyl sites for hydroxylation is 2. The first-order valence-electron chi connectivity index (χ1n) is 13.3. The van der Waals surface area contributed by atoms with Gasteiger partial charge in [-0.2, -0.15) is 11.8 Å². The summed E-state index contributed by atoms with van der Waals surface area (Å²) in [6.07, 6.45) is 3.87. The number of carbonyl (C=O) groups excluding carboxylic acids is 1. The van der Waals surface area contributed by atoms with E-state index >= 15 is 0 Å². The minimum absolute atomic E-state index is 0.361. The summed E-state index contributed by atoms with van der Waals surface area (Å²) in [5.41, 5.74) is 5.19. The highest BCUT2D eigenvalue weighted by atomic mass is 32.2. The maximum atomic E-state index is 13.3. The Kier molecular flexibility index (Phi) is 9.79. The summed E-state index contributed by atoms with van der Waals surface area (Å²) in [6.45, 7) is 2.00. The molecule has 4 aromatic carbocycles. The standard InChI is InChI=1S/C33H35NO4S/c1-22-8-3-6-12-27(22)29-20-23(14-17-28(29)32(36)34-30(33(37)38)18-19-39-2)9-7-13-31(35)26-16-15-24-10-4-5-11-25(24)21-26/h3-6,8,10-12,14-17,20-21,30-31,35H,7,9,13,18-19H2,1-2H3,(H,34,36)(H,37,38). The minimum atomic E-state index is -1.03. The lowest BCUT2D eigenvalue weighted by atomic mass is 9.92. The van der Waals surface area contributed by atoms with Gasteiger partial charge in [0, 0.05) is 5.56 Å². The van der Waals surface area contributed by atoms with Gasteiger partial charge in [-0.25, -0.2) is 4.79 Å². The number of aliphatic carboxylic acids is 1. The van der Waals surface area contributed by atoms with E-state index in [4.69, 9.17) is 0 Å². The molecule has 2 atom stereocenters. The average Bonchev–Trinajstić information content (AvgIpc) is 2.94. The molecule has 5 nitrogen and oxygen atoms in total. The van der Waals surface area contributed by atoms with Gasteiger partial charge in [0.05, 0.1) is 6.10 Å². The van der Waals surface area contributed by atoms with Crippen molar-refractivity contribution in [2.24, 2.45) is 0 Å².